The van der Waals surface area contributed by atoms with Gasteiger partial charge >= 0.3 is 6.03 Å². The maximum atomic E-state index is 13.9. The summed E-state index contributed by atoms with van der Waals surface area (Å²) in [5.74, 6) is -0.0907. The molecule has 1 aliphatic carbocycles. The molecule has 3 fully saturated rings. The van der Waals surface area contributed by atoms with Gasteiger partial charge in [0, 0.05) is 44.3 Å². The lowest BCUT2D eigenvalue weighted by atomic mass is 9.94. The van der Waals surface area contributed by atoms with Gasteiger partial charge < -0.3 is 20.0 Å². The highest BCUT2D eigenvalue weighted by Gasteiger charge is 2.45. The molecule has 1 aromatic heterocycles. The van der Waals surface area contributed by atoms with Gasteiger partial charge in [-0.2, -0.15) is 0 Å². The number of urea groups is 1. The van der Waals surface area contributed by atoms with Crippen LogP contribution < -0.4 is 5.32 Å². The van der Waals surface area contributed by atoms with Crippen molar-refractivity contribution in [3.8, 4) is 0 Å². The first-order valence-electron chi connectivity index (χ1n) is 15.1. The molecule has 3 heterocycles. The molecule has 2 saturated heterocycles. The van der Waals surface area contributed by atoms with Crippen LogP contribution in [0, 0.1) is 13.8 Å². The van der Waals surface area contributed by atoms with Gasteiger partial charge in [-0.15, -0.1) is 0 Å². The molecule has 3 amide bonds. The molecular weight excluding hydrogens is 522 g/mol. The Morgan fingerprint density at radius 3 is 2.42 bits per heavy atom. The van der Waals surface area contributed by atoms with Crippen molar-refractivity contribution in [1.29, 1.82) is 0 Å². The van der Waals surface area contributed by atoms with Crippen molar-refractivity contribution in [2.75, 3.05) is 26.2 Å². The zero-order valence-electron chi connectivity index (χ0n) is 24.2. The van der Waals surface area contributed by atoms with E-state index in [1.165, 1.54) is 24.8 Å². The van der Waals surface area contributed by atoms with Crippen LogP contribution in [0.2, 0.25) is 5.15 Å². The lowest BCUT2D eigenvalue weighted by molar-refractivity contribution is 0.0877. The van der Waals surface area contributed by atoms with Crippen molar-refractivity contribution in [3.63, 3.8) is 0 Å². The second kappa shape index (κ2) is 12.9. The fraction of sp³-hybridized carbons (Fsp3) is 0.594. The summed E-state index contributed by atoms with van der Waals surface area (Å²) < 4.78 is 0. The summed E-state index contributed by atoms with van der Waals surface area (Å²) in [6, 6.07) is 13.7. The summed E-state index contributed by atoms with van der Waals surface area (Å²) in [4.78, 5) is 37.9. The number of carbonyl (C=O) groups is 2. The highest BCUT2D eigenvalue weighted by atomic mass is 35.5. The van der Waals surface area contributed by atoms with Crippen molar-refractivity contribution in [2.24, 2.45) is 0 Å². The average Bonchev–Trinajstić information content (AvgIpc) is 3.30. The van der Waals surface area contributed by atoms with E-state index >= 15 is 0 Å². The first-order valence-corrected chi connectivity index (χ1v) is 15.5. The summed E-state index contributed by atoms with van der Waals surface area (Å²) >= 11 is 6.03. The van der Waals surface area contributed by atoms with E-state index in [4.69, 9.17) is 11.6 Å². The Hall–Kier alpha value is -2.64. The Kier molecular flexibility index (Phi) is 9.31. The minimum absolute atomic E-state index is 0.0907. The zero-order valence-corrected chi connectivity index (χ0v) is 25.0. The van der Waals surface area contributed by atoms with Crippen LogP contribution in [0.25, 0.3) is 0 Å². The minimum Gasteiger partial charge on any atom is -0.352 e. The molecule has 0 spiro atoms. The van der Waals surface area contributed by atoms with Crippen LogP contribution in [0.5, 0.6) is 0 Å². The molecule has 7 nitrogen and oxygen atoms in total. The number of nitrogens with zero attached hydrogens (tertiary/aromatic N) is 4. The predicted molar refractivity (Wildman–Crippen MR) is 160 cm³/mol. The Labute approximate surface area is 244 Å². The van der Waals surface area contributed by atoms with Crippen LogP contribution in [-0.4, -0.2) is 75.9 Å². The largest absolute Gasteiger partial charge is 0.352 e. The quantitative estimate of drug-likeness (QED) is 0.391. The number of pyridine rings is 1. The molecular formula is C32H44ClN5O2. The number of rotatable bonds is 8. The Bertz CT molecular complexity index is 1150. The molecule has 216 valence electrons. The smallest absolute Gasteiger partial charge is 0.321 e. The monoisotopic (exact) mass is 565 g/mol. The van der Waals surface area contributed by atoms with Crippen molar-refractivity contribution in [1.82, 2.24) is 25.0 Å². The molecule has 2 aromatic rings. The molecule has 5 rings (SSSR count). The number of carbonyl (C=O) groups excluding carboxylic acids is 2. The summed E-state index contributed by atoms with van der Waals surface area (Å²) in [5.41, 5.74) is 3.37. The Balaban J connectivity index is 1.16. The van der Waals surface area contributed by atoms with E-state index in [1.807, 2.05) is 13.8 Å². The fourth-order valence-corrected chi connectivity index (χ4v) is 7.37. The molecule has 8 heteroatoms. The second-order valence-electron chi connectivity index (χ2n) is 11.9. The number of likely N-dealkylation sites (tertiary alicyclic amines) is 1. The minimum atomic E-state index is -0.0907. The molecule has 3 aliphatic rings. The number of aryl methyl sites for hydroxylation is 2. The number of hydrogen-bond donors (Lipinski definition) is 1. The van der Waals surface area contributed by atoms with E-state index in [2.05, 4.69) is 62.3 Å². The number of nitrogens with one attached hydrogen (secondary N) is 1. The van der Waals surface area contributed by atoms with Gasteiger partial charge in [0.05, 0.1) is 17.3 Å². The van der Waals surface area contributed by atoms with Gasteiger partial charge in [0.15, 0.2) is 0 Å². The summed E-state index contributed by atoms with van der Waals surface area (Å²) in [5, 5.41) is 3.50. The van der Waals surface area contributed by atoms with E-state index in [0.29, 0.717) is 35.0 Å². The SMILES string of the molecule is Cc1cc(Cl)nc(C)c1C(=O)NCC[C@@H](C)N1CCC(N2C(=O)N(C3CCCCC3)C[C@H]2c2ccccc2)CC1. The van der Waals surface area contributed by atoms with Gasteiger partial charge in [0.1, 0.15) is 5.15 Å². The number of piperidine rings is 1. The average molecular weight is 566 g/mol. The van der Waals surface area contributed by atoms with Gasteiger partial charge in [0.2, 0.25) is 0 Å². The van der Waals surface area contributed by atoms with E-state index in [-0.39, 0.29) is 24.0 Å². The maximum absolute atomic E-state index is 13.9. The van der Waals surface area contributed by atoms with Gasteiger partial charge in [-0.1, -0.05) is 61.2 Å². The van der Waals surface area contributed by atoms with Crippen LogP contribution in [0.15, 0.2) is 36.4 Å². The first kappa shape index (κ1) is 28.9. The van der Waals surface area contributed by atoms with Crippen LogP contribution in [-0.2, 0) is 0 Å². The van der Waals surface area contributed by atoms with Gasteiger partial charge in [-0.3, -0.25) is 4.79 Å². The topological polar surface area (TPSA) is 68.8 Å². The molecule has 0 radical (unpaired) electrons. The molecule has 0 unspecified atom stereocenters. The first-order chi connectivity index (χ1) is 19.3. The summed E-state index contributed by atoms with van der Waals surface area (Å²) in [7, 11) is 0. The van der Waals surface area contributed by atoms with Gasteiger partial charge in [0.25, 0.3) is 5.91 Å². The number of halogens is 1. The van der Waals surface area contributed by atoms with E-state index in [0.717, 1.165) is 57.3 Å². The second-order valence-corrected chi connectivity index (χ2v) is 12.3. The third-order valence-electron chi connectivity index (χ3n) is 9.33. The van der Waals surface area contributed by atoms with Gasteiger partial charge in [-0.05, 0) is 70.1 Å². The third-order valence-corrected chi connectivity index (χ3v) is 9.52. The molecule has 2 aliphatic heterocycles. The van der Waals surface area contributed by atoms with E-state index in [9.17, 15) is 9.59 Å². The summed E-state index contributed by atoms with van der Waals surface area (Å²) in [6.45, 7) is 9.31. The van der Waals surface area contributed by atoms with Crippen LogP contribution >= 0.6 is 11.6 Å². The highest BCUT2D eigenvalue weighted by molar-refractivity contribution is 6.29. The van der Waals surface area contributed by atoms with E-state index in [1.54, 1.807) is 6.07 Å². The standard InChI is InChI=1S/C32H44ClN5O2/c1-22-20-29(33)35-24(3)30(22)31(39)34-17-14-23(2)36-18-15-27(16-19-36)38-28(25-10-6-4-7-11-25)21-37(32(38)40)26-12-8-5-9-13-26/h4,6-7,10-11,20,23,26-28H,5,8-9,12-19,21H2,1-3H3,(H,34,39)/t23-,28+/m1/s1. The number of benzene rings is 1. The van der Waals surface area contributed by atoms with Crippen molar-refractivity contribution in [3.05, 3.63) is 63.9 Å². The van der Waals surface area contributed by atoms with Crippen molar-refractivity contribution < 1.29 is 9.59 Å². The Morgan fingerprint density at radius 2 is 1.75 bits per heavy atom. The Morgan fingerprint density at radius 1 is 1.05 bits per heavy atom. The predicted octanol–water partition coefficient (Wildman–Crippen LogP) is 6.14. The molecule has 1 saturated carbocycles. The van der Waals surface area contributed by atoms with Gasteiger partial charge in [-0.25, -0.2) is 9.78 Å². The number of hydrogen-bond acceptors (Lipinski definition) is 4. The van der Waals surface area contributed by atoms with Crippen LogP contribution in [0.3, 0.4) is 0 Å². The van der Waals surface area contributed by atoms with Crippen LogP contribution in [0.1, 0.15) is 91.5 Å². The van der Waals surface area contributed by atoms with Crippen LogP contribution in [0.4, 0.5) is 4.79 Å². The van der Waals surface area contributed by atoms with Crippen molar-refractivity contribution in [2.45, 2.75) is 96.3 Å². The molecule has 1 N–H and O–H groups in total. The lowest BCUT2D eigenvalue weighted by Crippen LogP contribution is -2.50. The highest BCUT2D eigenvalue weighted by Crippen LogP contribution is 2.38. The number of aromatic nitrogens is 1. The maximum Gasteiger partial charge on any atom is 0.321 e. The third kappa shape index (κ3) is 6.31. The molecule has 1 aromatic carbocycles. The summed E-state index contributed by atoms with van der Waals surface area (Å²) in [6.07, 6.45) is 8.89. The lowest BCUT2D eigenvalue weighted by Gasteiger charge is -2.41. The molecule has 2 atom stereocenters. The number of amides is 3. The zero-order chi connectivity index (χ0) is 28.2. The molecule has 40 heavy (non-hydrogen) atoms. The van der Waals surface area contributed by atoms with E-state index < -0.39 is 0 Å². The molecule has 0 bridgehead atoms. The normalized spacial score (nSPS) is 22.1. The van der Waals surface area contributed by atoms with Crippen molar-refractivity contribution >= 4 is 23.5 Å². The fourth-order valence-electron chi connectivity index (χ4n) is 7.08.